The fraction of sp³-hybridized carbons (Fsp3) is 0.421. The Morgan fingerprint density at radius 1 is 1.31 bits per heavy atom. The maximum absolute atomic E-state index is 12.6. The largest absolute Gasteiger partial charge is 0.512 e. The molecule has 2 amide bonds. The second kappa shape index (κ2) is 8.85. The van der Waals surface area contributed by atoms with E-state index in [9.17, 15) is 19.5 Å². The maximum atomic E-state index is 12.6. The minimum Gasteiger partial charge on any atom is -0.449 e. The predicted octanol–water partition coefficient (Wildman–Crippen LogP) is 0.709. The van der Waals surface area contributed by atoms with Crippen molar-refractivity contribution in [2.75, 3.05) is 13.6 Å². The van der Waals surface area contributed by atoms with Crippen LogP contribution in [0.3, 0.4) is 0 Å². The van der Waals surface area contributed by atoms with E-state index in [1.807, 2.05) is 30.3 Å². The Bertz CT molecular complexity index is 828. The van der Waals surface area contributed by atoms with Crippen LogP contribution in [0.5, 0.6) is 0 Å². The number of ether oxygens (including phenoxy) is 1. The lowest BCUT2D eigenvalue weighted by Crippen LogP contribution is -2.60. The van der Waals surface area contributed by atoms with E-state index < -0.39 is 35.5 Å². The van der Waals surface area contributed by atoms with Crippen molar-refractivity contribution >= 4 is 29.7 Å². The van der Waals surface area contributed by atoms with Gasteiger partial charge in [0, 0.05) is 0 Å². The summed E-state index contributed by atoms with van der Waals surface area (Å²) >= 11 is 1.22. The molecule has 4 atom stereocenters. The summed E-state index contributed by atoms with van der Waals surface area (Å²) in [6.45, 7) is 1.53. The number of benzene rings is 1. The minimum absolute atomic E-state index is 0.0197. The van der Waals surface area contributed by atoms with Crippen molar-refractivity contribution in [2.45, 2.75) is 30.9 Å². The number of aliphatic hydroxyl groups is 1. The number of carbonyl (C=O) groups is 3. The molecule has 0 unspecified atom stereocenters. The van der Waals surface area contributed by atoms with Crippen LogP contribution in [0.1, 0.15) is 12.5 Å². The third-order valence-electron chi connectivity index (χ3n) is 4.88. The van der Waals surface area contributed by atoms with Crippen molar-refractivity contribution in [2.24, 2.45) is 5.92 Å². The Balaban J connectivity index is 1.67. The smallest absolute Gasteiger partial charge is 0.449 e. The average Bonchev–Trinajstić information content (AvgIpc) is 2.96. The number of amides is 2. The van der Waals surface area contributed by atoms with Gasteiger partial charge in [0.25, 0.3) is 0 Å². The molecule has 1 fully saturated rings. The molecule has 29 heavy (non-hydrogen) atoms. The second-order valence-corrected chi connectivity index (χ2v) is 8.04. The lowest BCUT2D eigenvalue weighted by molar-refractivity contribution is -0.155. The molecule has 2 aliphatic heterocycles. The molecule has 0 saturated carbocycles. The number of fused-ring (bicyclic) bond motifs is 1. The Hall–Kier alpha value is -2.56. The first-order chi connectivity index (χ1) is 13.8. The molecule has 2 aliphatic rings. The molecule has 2 heterocycles. The highest BCUT2D eigenvalue weighted by molar-refractivity contribution is 8.04. The standard InChI is InChI=1S/C19H23N3O6S/c1-10(23)14-16(25)22-17(28-19(26)27)13(29-18(14)22)9-21-15(24)12(20-2)8-11-6-4-3-5-7-11/h3-7,10,12,14,18,20,23H,8-9H2,1-2H3,(H,21,24)(H,26,27)/t10-,12+,14+,18-/m1/s1. The van der Waals surface area contributed by atoms with E-state index in [1.165, 1.54) is 23.6 Å². The Kier molecular flexibility index (Phi) is 6.46. The number of carbonyl (C=O) groups excluding carboxylic acids is 2. The number of rotatable bonds is 8. The zero-order valence-corrected chi connectivity index (χ0v) is 16.8. The highest BCUT2D eigenvalue weighted by atomic mass is 32.2. The first-order valence-electron chi connectivity index (χ1n) is 9.14. The quantitative estimate of drug-likeness (QED) is 0.357. The summed E-state index contributed by atoms with van der Waals surface area (Å²) < 4.78 is 4.80. The van der Waals surface area contributed by atoms with Gasteiger partial charge >= 0.3 is 6.16 Å². The maximum Gasteiger partial charge on any atom is 0.512 e. The van der Waals surface area contributed by atoms with Crippen LogP contribution in [0.2, 0.25) is 0 Å². The van der Waals surface area contributed by atoms with Crippen LogP contribution < -0.4 is 10.6 Å². The van der Waals surface area contributed by atoms with E-state index in [-0.39, 0.29) is 18.3 Å². The first-order valence-corrected chi connectivity index (χ1v) is 10.0. The minimum atomic E-state index is -1.55. The fourth-order valence-corrected chi connectivity index (χ4v) is 4.86. The van der Waals surface area contributed by atoms with Gasteiger partial charge < -0.3 is 25.6 Å². The van der Waals surface area contributed by atoms with Crippen LogP contribution in [0.25, 0.3) is 0 Å². The molecule has 156 valence electrons. The Labute approximate surface area is 172 Å². The number of aliphatic hydroxyl groups excluding tert-OH is 1. The van der Waals surface area contributed by atoms with Gasteiger partial charge in [0.1, 0.15) is 5.37 Å². The second-order valence-electron chi connectivity index (χ2n) is 6.83. The summed E-state index contributed by atoms with van der Waals surface area (Å²) in [5.41, 5.74) is 1.00. The number of hydrogen-bond acceptors (Lipinski definition) is 7. The number of carboxylic acid groups (broad SMARTS) is 1. The van der Waals surface area contributed by atoms with Gasteiger partial charge in [0.2, 0.25) is 17.7 Å². The molecule has 0 bridgehead atoms. The van der Waals surface area contributed by atoms with Crippen molar-refractivity contribution in [1.29, 1.82) is 0 Å². The Morgan fingerprint density at radius 3 is 2.59 bits per heavy atom. The molecule has 0 aliphatic carbocycles. The van der Waals surface area contributed by atoms with Gasteiger partial charge in [-0.1, -0.05) is 42.1 Å². The summed E-state index contributed by atoms with van der Waals surface area (Å²) in [7, 11) is 1.69. The number of β-lactam (4-membered cyclic amide) rings is 1. The van der Waals surface area contributed by atoms with Crippen molar-refractivity contribution in [3.63, 3.8) is 0 Å². The third-order valence-corrected chi connectivity index (χ3v) is 6.23. The van der Waals surface area contributed by atoms with Crippen LogP contribution in [0.4, 0.5) is 4.79 Å². The average molecular weight is 421 g/mol. The van der Waals surface area contributed by atoms with Crippen molar-refractivity contribution < 1.29 is 29.3 Å². The molecule has 1 saturated heterocycles. The SMILES string of the molecule is CN[C@@H](Cc1ccccc1)C(=O)NCC1=C(OC(=O)O)N2C(=O)[C@H]([C@@H](C)O)[C@H]2S1. The van der Waals surface area contributed by atoms with E-state index in [4.69, 9.17) is 9.84 Å². The number of thioether (sulfide) groups is 1. The normalized spacial score (nSPS) is 22.6. The zero-order chi connectivity index (χ0) is 21.1. The van der Waals surface area contributed by atoms with Gasteiger partial charge in [-0.15, -0.1) is 0 Å². The summed E-state index contributed by atoms with van der Waals surface area (Å²) in [6.07, 6.45) is -1.92. The lowest BCUT2D eigenvalue weighted by atomic mass is 9.93. The highest BCUT2D eigenvalue weighted by Crippen LogP contribution is 2.50. The van der Waals surface area contributed by atoms with E-state index in [1.54, 1.807) is 7.05 Å². The summed E-state index contributed by atoms with van der Waals surface area (Å²) in [4.78, 5) is 37.6. The number of hydrogen-bond donors (Lipinski definition) is 4. The van der Waals surface area contributed by atoms with Crippen LogP contribution in [0.15, 0.2) is 41.1 Å². The molecule has 9 nitrogen and oxygen atoms in total. The van der Waals surface area contributed by atoms with E-state index in [2.05, 4.69) is 10.6 Å². The summed E-state index contributed by atoms with van der Waals surface area (Å²) in [5.74, 6) is -1.39. The number of nitrogens with one attached hydrogen (secondary N) is 2. The van der Waals surface area contributed by atoms with Crippen molar-refractivity contribution in [3.8, 4) is 0 Å². The molecule has 0 spiro atoms. The zero-order valence-electron chi connectivity index (χ0n) is 16.0. The van der Waals surface area contributed by atoms with Gasteiger partial charge in [0.05, 0.1) is 29.5 Å². The predicted molar refractivity (Wildman–Crippen MR) is 106 cm³/mol. The molecule has 10 heteroatoms. The molecular weight excluding hydrogens is 398 g/mol. The molecular formula is C19H23N3O6S. The summed E-state index contributed by atoms with van der Waals surface area (Å²) in [5, 5.41) is 24.1. The molecule has 0 aromatic heterocycles. The number of nitrogens with zero attached hydrogens (tertiary/aromatic N) is 1. The number of likely N-dealkylation sites (N-methyl/N-ethyl adjacent to an activating group) is 1. The van der Waals surface area contributed by atoms with E-state index in [0.29, 0.717) is 11.3 Å². The lowest BCUT2D eigenvalue weighted by Gasteiger charge is -2.43. The van der Waals surface area contributed by atoms with Gasteiger partial charge in [-0.3, -0.25) is 14.5 Å². The molecule has 1 aromatic carbocycles. The Morgan fingerprint density at radius 2 is 2.00 bits per heavy atom. The monoisotopic (exact) mass is 421 g/mol. The molecule has 4 N–H and O–H groups in total. The first kappa shape index (κ1) is 21.2. The van der Waals surface area contributed by atoms with Gasteiger partial charge in [-0.05, 0) is 26.0 Å². The summed E-state index contributed by atoms with van der Waals surface area (Å²) in [6, 6.07) is 9.08. The van der Waals surface area contributed by atoms with Gasteiger partial charge in [-0.2, -0.15) is 0 Å². The molecule has 1 aromatic rings. The van der Waals surface area contributed by atoms with E-state index >= 15 is 0 Å². The van der Waals surface area contributed by atoms with Crippen molar-refractivity contribution in [3.05, 3.63) is 46.7 Å². The van der Waals surface area contributed by atoms with E-state index in [0.717, 1.165) is 5.56 Å². The van der Waals surface area contributed by atoms with Crippen LogP contribution >= 0.6 is 11.8 Å². The molecule has 3 rings (SSSR count). The fourth-order valence-electron chi connectivity index (χ4n) is 3.38. The third kappa shape index (κ3) is 4.39. The topological polar surface area (TPSA) is 128 Å². The molecule has 0 radical (unpaired) electrons. The van der Waals surface area contributed by atoms with Gasteiger partial charge in [0.15, 0.2) is 0 Å². The van der Waals surface area contributed by atoms with Gasteiger partial charge in [-0.25, -0.2) is 4.79 Å². The van der Waals surface area contributed by atoms with Crippen LogP contribution in [0, 0.1) is 5.92 Å². The highest BCUT2D eigenvalue weighted by Gasteiger charge is 2.57. The van der Waals surface area contributed by atoms with Crippen LogP contribution in [-0.4, -0.2) is 64.2 Å². The van der Waals surface area contributed by atoms with Crippen LogP contribution in [-0.2, 0) is 20.7 Å². The van der Waals surface area contributed by atoms with Crippen molar-refractivity contribution in [1.82, 2.24) is 15.5 Å².